The Morgan fingerprint density at radius 1 is 1.44 bits per heavy atom. The van der Waals surface area contributed by atoms with Crippen molar-refractivity contribution in [2.24, 2.45) is 0 Å². The molecular formula is C12H15BrClNO. The zero-order valence-electron chi connectivity index (χ0n) is 8.97. The van der Waals surface area contributed by atoms with E-state index in [1.165, 1.54) is 0 Å². The van der Waals surface area contributed by atoms with Gasteiger partial charge in [0, 0.05) is 17.6 Å². The van der Waals surface area contributed by atoms with Crippen molar-refractivity contribution in [3.8, 4) is 0 Å². The minimum absolute atomic E-state index is 0.459. The van der Waals surface area contributed by atoms with Gasteiger partial charge in [0.05, 0.1) is 10.6 Å². The SMILES string of the molecule is OC1(CNCc2ccc(Br)c(Cl)c2)CCC1. The smallest absolute Gasteiger partial charge is 0.0771 e. The molecule has 4 heteroatoms. The molecule has 2 nitrogen and oxygen atoms in total. The van der Waals surface area contributed by atoms with Gasteiger partial charge < -0.3 is 10.4 Å². The average Bonchev–Trinajstić information content (AvgIpc) is 2.21. The minimum Gasteiger partial charge on any atom is -0.389 e. The molecule has 1 aliphatic rings. The largest absolute Gasteiger partial charge is 0.389 e. The van der Waals surface area contributed by atoms with Gasteiger partial charge in [0.25, 0.3) is 0 Å². The number of halogens is 2. The Bertz CT molecular complexity index is 379. The molecule has 0 heterocycles. The van der Waals surface area contributed by atoms with E-state index in [4.69, 9.17) is 11.6 Å². The number of aliphatic hydroxyl groups is 1. The zero-order valence-corrected chi connectivity index (χ0v) is 11.3. The van der Waals surface area contributed by atoms with Crippen LogP contribution in [0.15, 0.2) is 22.7 Å². The maximum atomic E-state index is 9.89. The summed E-state index contributed by atoms with van der Waals surface area (Å²) in [7, 11) is 0. The van der Waals surface area contributed by atoms with Gasteiger partial charge in [-0.05, 0) is 52.9 Å². The lowest BCUT2D eigenvalue weighted by molar-refractivity contribution is -0.0314. The summed E-state index contributed by atoms with van der Waals surface area (Å²) in [6.07, 6.45) is 2.98. The molecule has 16 heavy (non-hydrogen) atoms. The molecular weight excluding hydrogens is 289 g/mol. The lowest BCUT2D eigenvalue weighted by atomic mass is 9.80. The van der Waals surface area contributed by atoms with Crippen LogP contribution in [-0.2, 0) is 6.54 Å². The molecule has 2 N–H and O–H groups in total. The Kier molecular flexibility index (Phi) is 3.90. The lowest BCUT2D eigenvalue weighted by Crippen LogP contribution is -2.45. The van der Waals surface area contributed by atoms with Crippen LogP contribution in [0.1, 0.15) is 24.8 Å². The fourth-order valence-corrected chi connectivity index (χ4v) is 2.30. The Morgan fingerprint density at radius 3 is 2.75 bits per heavy atom. The van der Waals surface area contributed by atoms with E-state index in [0.717, 1.165) is 40.9 Å². The summed E-state index contributed by atoms with van der Waals surface area (Å²) in [5.74, 6) is 0. The van der Waals surface area contributed by atoms with Gasteiger partial charge in [-0.3, -0.25) is 0 Å². The first kappa shape index (κ1) is 12.4. The monoisotopic (exact) mass is 303 g/mol. The van der Waals surface area contributed by atoms with E-state index in [1.807, 2.05) is 18.2 Å². The van der Waals surface area contributed by atoms with Crippen molar-refractivity contribution in [3.63, 3.8) is 0 Å². The Morgan fingerprint density at radius 2 is 2.19 bits per heavy atom. The number of hydrogen-bond donors (Lipinski definition) is 2. The fourth-order valence-electron chi connectivity index (χ4n) is 1.85. The molecule has 0 radical (unpaired) electrons. The molecule has 0 unspecified atom stereocenters. The van der Waals surface area contributed by atoms with Crippen LogP contribution >= 0.6 is 27.5 Å². The summed E-state index contributed by atoms with van der Waals surface area (Å²) in [4.78, 5) is 0. The zero-order chi connectivity index (χ0) is 11.6. The van der Waals surface area contributed by atoms with Gasteiger partial charge in [0.15, 0.2) is 0 Å². The first-order valence-corrected chi connectivity index (χ1v) is 6.63. The van der Waals surface area contributed by atoms with Crippen molar-refractivity contribution in [2.75, 3.05) is 6.54 Å². The summed E-state index contributed by atoms with van der Waals surface area (Å²) in [5.41, 5.74) is 0.676. The van der Waals surface area contributed by atoms with Gasteiger partial charge in [-0.15, -0.1) is 0 Å². The van der Waals surface area contributed by atoms with Gasteiger partial charge in [-0.2, -0.15) is 0 Å². The second-order valence-corrected chi connectivity index (χ2v) is 5.69. The van der Waals surface area contributed by atoms with Crippen molar-refractivity contribution < 1.29 is 5.11 Å². The summed E-state index contributed by atoms with van der Waals surface area (Å²) in [6.45, 7) is 1.41. The third-order valence-electron chi connectivity index (χ3n) is 3.05. The molecule has 1 fully saturated rings. The highest BCUT2D eigenvalue weighted by Gasteiger charge is 2.33. The predicted octanol–water partition coefficient (Wildman–Crippen LogP) is 3.11. The van der Waals surface area contributed by atoms with Gasteiger partial charge in [-0.25, -0.2) is 0 Å². The van der Waals surface area contributed by atoms with Crippen LogP contribution in [0.5, 0.6) is 0 Å². The van der Waals surface area contributed by atoms with E-state index in [-0.39, 0.29) is 0 Å². The van der Waals surface area contributed by atoms with Gasteiger partial charge in [0.2, 0.25) is 0 Å². The highest BCUT2D eigenvalue weighted by Crippen LogP contribution is 2.30. The summed E-state index contributed by atoms with van der Waals surface area (Å²) >= 11 is 9.35. The second-order valence-electron chi connectivity index (χ2n) is 4.43. The highest BCUT2D eigenvalue weighted by molar-refractivity contribution is 9.10. The van der Waals surface area contributed by atoms with Crippen LogP contribution in [0.2, 0.25) is 5.02 Å². The highest BCUT2D eigenvalue weighted by atomic mass is 79.9. The van der Waals surface area contributed by atoms with Crippen LogP contribution in [0.25, 0.3) is 0 Å². The van der Waals surface area contributed by atoms with E-state index in [0.29, 0.717) is 6.54 Å². The minimum atomic E-state index is -0.459. The van der Waals surface area contributed by atoms with Crippen molar-refractivity contribution in [1.82, 2.24) is 5.32 Å². The molecule has 1 aromatic rings. The van der Waals surface area contributed by atoms with E-state index in [9.17, 15) is 5.11 Å². The van der Waals surface area contributed by atoms with E-state index < -0.39 is 5.60 Å². The molecule has 0 aromatic heterocycles. The van der Waals surface area contributed by atoms with E-state index >= 15 is 0 Å². The predicted molar refractivity (Wildman–Crippen MR) is 69.7 cm³/mol. The number of benzene rings is 1. The van der Waals surface area contributed by atoms with Crippen molar-refractivity contribution in [1.29, 1.82) is 0 Å². The standard InChI is InChI=1S/C12H15BrClNO/c13-10-3-2-9(6-11(10)14)7-15-8-12(16)4-1-5-12/h2-3,6,15-16H,1,4-5,7-8H2. The molecule has 0 bridgehead atoms. The van der Waals surface area contributed by atoms with Gasteiger partial charge >= 0.3 is 0 Å². The Labute approximate surface area is 109 Å². The summed E-state index contributed by atoms with van der Waals surface area (Å²) in [5, 5.41) is 13.9. The van der Waals surface area contributed by atoms with Crippen LogP contribution in [0.3, 0.4) is 0 Å². The molecule has 0 atom stereocenters. The molecule has 1 aliphatic carbocycles. The van der Waals surface area contributed by atoms with Crippen LogP contribution in [0, 0.1) is 0 Å². The summed E-state index contributed by atoms with van der Waals surface area (Å²) < 4.78 is 0.913. The molecule has 1 saturated carbocycles. The van der Waals surface area contributed by atoms with Crippen LogP contribution < -0.4 is 5.32 Å². The Hall–Kier alpha value is -0.0900. The molecule has 2 rings (SSSR count). The van der Waals surface area contributed by atoms with Crippen molar-refractivity contribution in [2.45, 2.75) is 31.4 Å². The van der Waals surface area contributed by atoms with E-state index in [2.05, 4.69) is 21.2 Å². The van der Waals surface area contributed by atoms with Crippen molar-refractivity contribution in [3.05, 3.63) is 33.3 Å². The normalized spacial score (nSPS) is 18.2. The molecule has 0 spiro atoms. The van der Waals surface area contributed by atoms with Gasteiger partial charge in [0.1, 0.15) is 0 Å². The molecule has 1 aromatic carbocycles. The summed E-state index contributed by atoms with van der Waals surface area (Å²) in [6, 6.07) is 5.90. The van der Waals surface area contributed by atoms with Gasteiger partial charge in [-0.1, -0.05) is 17.7 Å². The fraction of sp³-hybridized carbons (Fsp3) is 0.500. The van der Waals surface area contributed by atoms with Crippen molar-refractivity contribution >= 4 is 27.5 Å². The first-order chi connectivity index (χ1) is 7.59. The molecule has 0 saturated heterocycles. The third-order valence-corrected chi connectivity index (χ3v) is 4.28. The van der Waals surface area contributed by atoms with Crippen LogP contribution in [0.4, 0.5) is 0 Å². The number of nitrogens with one attached hydrogen (secondary N) is 1. The first-order valence-electron chi connectivity index (χ1n) is 5.46. The third kappa shape index (κ3) is 2.98. The maximum absolute atomic E-state index is 9.89. The number of hydrogen-bond acceptors (Lipinski definition) is 2. The quantitative estimate of drug-likeness (QED) is 0.896. The van der Waals surface area contributed by atoms with E-state index in [1.54, 1.807) is 0 Å². The average molecular weight is 305 g/mol. The molecule has 0 amide bonds. The lowest BCUT2D eigenvalue weighted by Gasteiger charge is -2.36. The molecule has 88 valence electrons. The maximum Gasteiger partial charge on any atom is 0.0771 e. The second kappa shape index (κ2) is 5.05. The molecule has 0 aliphatic heterocycles. The number of rotatable bonds is 4. The Balaban J connectivity index is 1.83. The van der Waals surface area contributed by atoms with Crippen LogP contribution in [-0.4, -0.2) is 17.3 Å². The topological polar surface area (TPSA) is 32.3 Å².